The molecule has 0 aliphatic carbocycles. The molecule has 1 aliphatic heterocycles. The third-order valence-electron chi connectivity index (χ3n) is 3.47. The van der Waals surface area contributed by atoms with Gasteiger partial charge in [0.25, 0.3) is 5.69 Å². The van der Waals surface area contributed by atoms with Crippen LogP contribution in [0.5, 0.6) is 0 Å². The van der Waals surface area contributed by atoms with Crippen molar-refractivity contribution in [3.63, 3.8) is 0 Å². The maximum atomic E-state index is 11.3. The summed E-state index contributed by atoms with van der Waals surface area (Å²) >= 11 is 0. The van der Waals surface area contributed by atoms with Crippen LogP contribution in [-0.2, 0) is 0 Å². The van der Waals surface area contributed by atoms with Gasteiger partial charge < -0.3 is 4.90 Å². The molecule has 104 valence electrons. The van der Waals surface area contributed by atoms with Gasteiger partial charge in [-0.15, -0.1) is 5.10 Å². The monoisotopic (exact) mass is 274 g/mol. The molecular weight excluding hydrogens is 260 g/mol. The van der Waals surface area contributed by atoms with Crippen molar-refractivity contribution in [3.05, 3.63) is 34.6 Å². The van der Waals surface area contributed by atoms with Crippen LogP contribution in [0.1, 0.15) is 19.3 Å². The molecule has 1 fully saturated rings. The van der Waals surface area contributed by atoms with Gasteiger partial charge in [0.1, 0.15) is 12.0 Å². The molecule has 0 spiro atoms. The van der Waals surface area contributed by atoms with Gasteiger partial charge in [0.15, 0.2) is 0 Å². The van der Waals surface area contributed by atoms with Crippen LogP contribution in [0, 0.1) is 10.1 Å². The van der Waals surface area contributed by atoms with Gasteiger partial charge in [0.05, 0.1) is 10.6 Å². The highest BCUT2D eigenvalue weighted by atomic mass is 16.6. The normalized spacial score (nSPS) is 15.3. The molecule has 0 N–H and O–H groups in total. The van der Waals surface area contributed by atoms with Crippen molar-refractivity contribution in [3.8, 4) is 5.69 Å². The van der Waals surface area contributed by atoms with Crippen molar-refractivity contribution in [2.45, 2.75) is 19.3 Å². The minimum atomic E-state index is -0.349. The second-order valence-corrected chi connectivity index (χ2v) is 4.73. The first kappa shape index (κ1) is 12.5. The Hall–Kier alpha value is -2.51. The van der Waals surface area contributed by atoms with Crippen molar-refractivity contribution in [1.82, 2.24) is 20.2 Å². The van der Waals surface area contributed by atoms with E-state index in [9.17, 15) is 10.1 Å². The summed E-state index contributed by atoms with van der Waals surface area (Å²) in [5, 5.41) is 22.1. The number of piperidine rings is 1. The first-order chi connectivity index (χ1) is 9.75. The zero-order chi connectivity index (χ0) is 13.9. The van der Waals surface area contributed by atoms with Gasteiger partial charge in [-0.1, -0.05) is 0 Å². The van der Waals surface area contributed by atoms with Crippen LogP contribution in [0.15, 0.2) is 24.5 Å². The Morgan fingerprint density at radius 1 is 1.20 bits per heavy atom. The van der Waals surface area contributed by atoms with Gasteiger partial charge in [-0.05, 0) is 41.8 Å². The zero-order valence-corrected chi connectivity index (χ0v) is 10.8. The number of anilines is 1. The first-order valence-electron chi connectivity index (χ1n) is 6.52. The van der Waals surface area contributed by atoms with Gasteiger partial charge in [-0.3, -0.25) is 10.1 Å². The van der Waals surface area contributed by atoms with E-state index in [1.54, 1.807) is 12.1 Å². The van der Waals surface area contributed by atoms with Crippen LogP contribution in [0.25, 0.3) is 5.69 Å². The molecule has 8 heteroatoms. The van der Waals surface area contributed by atoms with E-state index in [1.807, 2.05) is 0 Å². The van der Waals surface area contributed by atoms with Crippen molar-refractivity contribution in [2.24, 2.45) is 0 Å². The largest absolute Gasteiger partial charge is 0.366 e. The van der Waals surface area contributed by atoms with Crippen LogP contribution < -0.4 is 4.90 Å². The fraction of sp³-hybridized carbons (Fsp3) is 0.417. The SMILES string of the molecule is O=[N+]([O-])c1cc(-n2cnnn2)ccc1N1CCCCC1. The van der Waals surface area contributed by atoms with E-state index in [0.29, 0.717) is 11.4 Å². The van der Waals surface area contributed by atoms with Crippen molar-refractivity contribution >= 4 is 11.4 Å². The molecule has 0 saturated carbocycles. The summed E-state index contributed by atoms with van der Waals surface area (Å²) in [6, 6.07) is 5.09. The Morgan fingerprint density at radius 2 is 2.00 bits per heavy atom. The molecule has 0 amide bonds. The van der Waals surface area contributed by atoms with Crippen LogP contribution >= 0.6 is 0 Å². The Bertz CT molecular complexity index is 606. The number of nitro groups is 1. The van der Waals surface area contributed by atoms with Crippen molar-refractivity contribution in [2.75, 3.05) is 18.0 Å². The Morgan fingerprint density at radius 3 is 2.65 bits per heavy atom. The van der Waals surface area contributed by atoms with Gasteiger partial charge in [0.2, 0.25) is 0 Å². The average molecular weight is 274 g/mol. The fourth-order valence-electron chi connectivity index (χ4n) is 2.48. The van der Waals surface area contributed by atoms with Gasteiger partial charge >= 0.3 is 0 Å². The lowest BCUT2D eigenvalue weighted by atomic mass is 10.1. The summed E-state index contributed by atoms with van der Waals surface area (Å²) in [7, 11) is 0. The molecule has 2 heterocycles. The number of nitrogens with zero attached hydrogens (tertiary/aromatic N) is 6. The highest BCUT2D eigenvalue weighted by Gasteiger charge is 2.22. The van der Waals surface area contributed by atoms with E-state index in [4.69, 9.17) is 0 Å². The summed E-state index contributed by atoms with van der Waals surface area (Å²) < 4.78 is 1.41. The summed E-state index contributed by atoms with van der Waals surface area (Å²) in [5.74, 6) is 0. The lowest BCUT2D eigenvalue weighted by Crippen LogP contribution is -2.29. The number of hydrogen-bond acceptors (Lipinski definition) is 6. The number of rotatable bonds is 3. The minimum Gasteiger partial charge on any atom is -0.366 e. The lowest BCUT2D eigenvalue weighted by Gasteiger charge is -2.28. The number of nitro benzene ring substituents is 1. The standard InChI is InChI=1S/C12H14N6O2/c19-18(20)12-8-10(17-9-13-14-15-17)4-5-11(12)16-6-2-1-3-7-16/h4-5,8-9H,1-3,6-7H2. The number of aromatic nitrogens is 4. The van der Waals surface area contributed by atoms with Gasteiger partial charge in [0, 0.05) is 19.2 Å². The second kappa shape index (κ2) is 5.24. The zero-order valence-electron chi connectivity index (χ0n) is 10.8. The fourth-order valence-corrected chi connectivity index (χ4v) is 2.48. The maximum Gasteiger partial charge on any atom is 0.294 e. The van der Waals surface area contributed by atoms with Gasteiger partial charge in [-0.2, -0.15) is 0 Å². The van der Waals surface area contributed by atoms with E-state index in [-0.39, 0.29) is 10.6 Å². The predicted octanol–water partition coefficient (Wildman–Crippen LogP) is 1.56. The van der Waals surface area contributed by atoms with E-state index in [0.717, 1.165) is 25.9 Å². The highest BCUT2D eigenvalue weighted by molar-refractivity contribution is 5.66. The highest BCUT2D eigenvalue weighted by Crippen LogP contribution is 2.32. The molecule has 3 rings (SSSR count). The van der Waals surface area contributed by atoms with Crippen molar-refractivity contribution in [1.29, 1.82) is 0 Å². The van der Waals surface area contributed by atoms with Gasteiger partial charge in [-0.25, -0.2) is 4.68 Å². The third kappa shape index (κ3) is 2.31. The molecule has 1 aromatic heterocycles. The van der Waals surface area contributed by atoms with E-state index >= 15 is 0 Å². The van der Waals surface area contributed by atoms with Crippen LogP contribution in [0.3, 0.4) is 0 Å². The molecule has 0 radical (unpaired) electrons. The van der Waals surface area contributed by atoms with E-state index in [2.05, 4.69) is 20.4 Å². The van der Waals surface area contributed by atoms with E-state index < -0.39 is 0 Å². The molecule has 20 heavy (non-hydrogen) atoms. The third-order valence-corrected chi connectivity index (χ3v) is 3.47. The van der Waals surface area contributed by atoms with Crippen LogP contribution in [0.2, 0.25) is 0 Å². The number of tetrazole rings is 1. The Labute approximate surface area is 115 Å². The molecular formula is C12H14N6O2. The summed E-state index contributed by atoms with van der Waals surface area (Å²) in [6.07, 6.45) is 4.75. The van der Waals surface area contributed by atoms with E-state index in [1.165, 1.54) is 23.5 Å². The predicted molar refractivity (Wildman–Crippen MR) is 71.9 cm³/mol. The summed E-state index contributed by atoms with van der Waals surface area (Å²) in [6.45, 7) is 1.73. The quantitative estimate of drug-likeness (QED) is 0.623. The molecule has 0 atom stereocenters. The average Bonchev–Trinajstić information content (AvgIpc) is 3.02. The molecule has 1 aliphatic rings. The maximum absolute atomic E-state index is 11.3. The molecule has 1 aromatic carbocycles. The topological polar surface area (TPSA) is 90.0 Å². The molecule has 8 nitrogen and oxygen atoms in total. The smallest absolute Gasteiger partial charge is 0.294 e. The Balaban J connectivity index is 2.00. The van der Waals surface area contributed by atoms with Crippen molar-refractivity contribution < 1.29 is 4.92 Å². The molecule has 1 saturated heterocycles. The molecule has 2 aromatic rings. The number of hydrogen-bond donors (Lipinski definition) is 0. The number of benzene rings is 1. The minimum absolute atomic E-state index is 0.0971. The lowest BCUT2D eigenvalue weighted by molar-refractivity contribution is -0.384. The Kier molecular flexibility index (Phi) is 3.28. The second-order valence-electron chi connectivity index (χ2n) is 4.73. The summed E-state index contributed by atoms with van der Waals surface area (Å²) in [5.41, 5.74) is 1.36. The van der Waals surface area contributed by atoms with Crippen LogP contribution in [-0.4, -0.2) is 38.2 Å². The van der Waals surface area contributed by atoms with Crippen LogP contribution in [0.4, 0.5) is 11.4 Å². The first-order valence-corrected chi connectivity index (χ1v) is 6.52. The molecule has 0 unspecified atom stereocenters. The summed E-state index contributed by atoms with van der Waals surface area (Å²) in [4.78, 5) is 13.0. The molecule has 0 bridgehead atoms.